The van der Waals surface area contributed by atoms with Crippen molar-refractivity contribution in [3.8, 4) is 0 Å². The molecule has 1 radical (unpaired) electrons. The van der Waals surface area contributed by atoms with Gasteiger partial charge in [0.2, 0.25) is 0 Å². The number of amides is 1. The number of aryl methyl sites for hydroxylation is 1. The maximum atomic E-state index is 12.3. The van der Waals surface area contributed by atoms with Gasteiger partial charge in [0, 0.05) is 0 Å². The first-order chi connectivity index (χ1) is 11.6. The summed E-state index contributed by atoms with van der Waals surface area (Å²) >= 11 is 2.82. The van der Waals surface area contributed by atoms with Crippen molar-refractivity contribution in [2.24, 2.45) is 4.99 Å². The zero-order valence-electron chi connectivity index (χ0n) is 13.3. The van der Waals surface area contributed by atoms with Gasteiger partial charge >= 0.3 is 150 Å². The summed E-state index contributed by atoms with van der Waals surface area (Å²) < 4.78 is 0.468. The molecule has 4 heteroatoms. The average Bonchev–Trinajstić information content (AvgIpc) is 3.10. The SMILES string of the molecule is Cc1ccccc1C(=O)NC([Se])=NC1=CCC(=C2C=CC=C2)C=C1. The number of rotatable bonds is 2. The van der Waals surface area contributed by atoms with Crippen LogP contribution in [0.15, 0.2) is 88.6 Å². The van der Waals surface area contributed by atoms with Crippen LogP contribution < -0.4 is 5.32 Å². The Labute approximate surface area is 150 Å². The first-order valence-corrected chi connectivity index (χ1v) is 8.58. The van der Waals surface area contributed by atoms with Gasteiger partial charge in [0.15, 0.2) is 0 Å². The van der Waals surface area contributed by atoms with Gasteiger partial charge in [0.1, 0.15) is 0 Å². The van der Waals surface area contributed by atoms with Gasteiger partial charge in [0.25, 0.3) is 0 Å². The third-order valence-electron chi connectivity index (χ3n) is 3.86. The number of carbonyl (C=O) groups is 1. The van der Waals surface area contributed by atoms with E-state index in [2.05, 4.69) is 50.6 Å². The first-order valence-electron chi connectivity index (χ1n) is 7.72. The summed E-state index contributed by atoms with van der Waals surface area (Å²) in [6.07, 6.45) is 15.2. The van der Waals surface area contributed by atoms with Crippen LogP contribution in [-0.4, -0.2) is 26.7 Å². The Bertz CT molecular complexity index is 840. The molecule has 0 bridgehead atoms. The van der Waals surface area contributed by atoms with E-state index in [0.29, 0.717) is 10.3 Å². The Morgan fingerprint density at radius 2 is 1.88 bits per heavy atom. The predicted molar refractivity (Wildman–Crippen MR) is 99.0 cm³/mol. The molecule has 0 aliphatic heterocycles. The van der Waals surface area contributed by atoms with Crippen LogP contribution in [0.3, 0.4) is 0 Å². The number of nitrogens with one attached hydrogen (secondary N) is 1. The van der Waals surface area contributed by atoms with Gasteiger partial charge in [-0.3, -0.25) is 0 Å². The monoisotopic (exact) mass is 381 g/mol. The molecule has 1 aromatic carbocycles. The summed E-state index contributed by atoms with van der Waals surface area (Å²) in [4.78, 5) is 16.7. The van der Waals surface area contributed by atoms with Gasteiger partial charge in [-0.05, 0) is 0 Å². The number of benzene rings is 1. The average molecular weight is 380 g/mol. The van der Waals surface area contributed by atoms with Crippen LogP contribution in [0.5, 0.6) is 0 Å². The van der Waals surface area contributed by atoms with Crippen LogP contribution in [-0.2, 0) is 0 Å². The Hall–Kier alpha value is -2.42. The Morgan fingerprint density at radius 1 is 1.12 bits per heavy atom. The van der Waals surface area contributed by atoms with Gasteiger partial charge in [0.05, 0.1) is 0 Å². The van der Waals surface area contributed by atoms with E-state index in [-0.39, 0.29) is 5.91 Å². The molecule has 0 unspecified atom stereocenters. The molecule has 1 amide bonds. The van der Waals surface area contributed by atoms with Crippen LogP contribution in [0.1, 0.15) is 22.3 Å². The Morgan fingerprint density at radius 3 is 2.54 bits per heavy atom. The second-order valence-electron chi connectivity index (χ2n) is 5.55. The van der Waals surface area contributed by atoms with Crippen molar-refractivity contribution in [1.82, 2.24) is 5.32 Å². The molecular formula is C20H17N2OSe. The minimum atomic E-state index is -0.157. The van der Waals surface area contributed by atoms with E-state index < -0.39 is 0 Å². The Kier molecular flexibility index (Phi) is 5.09. The molecule has 3 rings (SSSR count). The van der Waals surface area contributed by atoms with Crippen LogP contribution in [0.4, 0.5) is 0 Å². The van der Waals surface area contributed by atoms with Gasteiger partial charge < -0.3 is 0 Å². The van der Waals surface area contributed by atoms with Crippen molar-refractivity contribution in [2.75, 3.05) is 0 Å². The number of hydrogen-bond acceptors (Lipinski definition) is 2. The third kappa shape index (κ3) is 3.91. The van der Waals surface area contributed by atoms with E-state index >= 15 is 0 Å². The fourth-order valence-corrected chi connectivity index (χ4v) is 2.97. The zero-order valence-corrected chi connectivity index (χ0v) is 15.0. The van der Waals surface area contributed by atoms with E-state index in [4.69, 9.17) is 0 Å². The molecule has 2 aliphatic rings. The van der Waals surface area contributed by atoms with Crippen LogP contribution in [0, 0.1) is 6.92 Å². The molecule has 24 heavy (non-hydrogen) atoms. The van der Waals surface area contributed by atoms with E-state index in [0.717, 1.165) is 17.7 Å². The summed E-state index contributed by atoms with van der Waals surface area (Å²) in [5, 5.41) is 2.80. The van der Waals surface area contributed by atoms with E-state index in [1.54, 1.807) is 6.07 Å². The minimum absolute atomic E-state index is 0.157. The second kappa shape index (κ2) is 7.43. The molecule has 0 spiro atoms. The molecule has 2 aliphatic carbocycles. The normalized spacial score (nSPS) is 16.5. The van der Waals surface area contributed by atoms with Crippen molar-refractivity contribution >= 4 is 26.7 Å². The molecule has 0 fully saturated rings. The van der Waals surface area contributed by atoms with Crippen LogP contribution in [0.2, 0.25) is 0 Å². The van der Waals surface area contributed by atoms with E-state index in [1.807, 2.05) is 43.4 Å². The second-order valence-corrected chi connectivity index (χ2v) is 6.36. The molecule has 0 heterocycles. The summed E-state index contributed by atoms with van der Waals surface area (Å²) in [6, 6.07) is 7.49. The van der Waals surface area contributed by atoms with Gasteiger partial charge in [-0.1, -0.05) is 0 Å². The predicted octanol–water partition coefficient (Wildman–Crippen LogP) is 3.52. The van der Waals surface area contributed by atoms with Crippen LogP contribution >= 0.6 is 0 Å². The quantitative estimate of drug-likeness (QED) is 0.476. The van der Waals surface area contributed by atoms with Crippen molar-refractivity contribution in [2.45, 2.75) is 13.3 Å². The molecule has 1 N–H and O–H groups in total. The number of aliphatic imine (C=N–C) groups is 1. The summed E-state index contributed by atoms with van der Waals surface area (Å²) in [6.45, 7) is 1.92. The molecule has 0 saturated heterocycles. The maximum absolute atomic E-state index is 12.3. The molecule has 1 aromatic rings. The molecular weight excluding hydrogens is 363 g/mol. The number of nitrogens with zero attached hydrogens (tertiary/aromatic N) is 1. The molecule has 0 aromatic heterocycles. The summed E-state index contributed by atoms with van der Waals surface area (Å²) in [7, 11) is 0. The fourth-order valence-electron chi connectivity index (χ4n) is 2.56. The molecule has 0 atom stereocenters. The van der Waals surface area contributed by atoms with Crippen molar-refractivity contribution in [3.05, 3.63) is 94.8 Å². The molecule has 3 nitrogen and oxygen atoms in total. The molecule has 119 valence electrons. The number of amidine groups is 1. The van der Waals surface area contributed by atoms with Crippen molar-refractivity contribution < 1.29 is 4.79 Å². The topological polar surface area (TPSA) is 41.5 Å². The zero-order chi connectivity index (χ0) is 16.9. The number of carbonyl (C=O) groups excluding carboxylic acids is 1. The Balaban J connectivity index is 1.67. The number of allylic oxidation sites excluding steroid dienone is 9. The van der Waals surface area contributed by atoms with Crippen molar-refractivity contribution in [1.29, 1.82) is 0 Å². The first kappa shape index (κ1) is 16.4. The van der Waals surface area contributed by atoms with Crippen LogP contribution in [0.25, 0.3) is 0 Å². The molecule has 0 saturated carbocycles. The number of hydrogen-bond donors (Lipinski definition) is 1. The summed E-state index contributed by atoms with van der Waals surface area (Å²) in [5.74, 6) is -0.157. The van der Waals surface area contributed by atoms with Gasteiger partial charge in [-0.15, -0.1) is 0 Å². The fraction of sp³-hybridized carbons (Fsp3) is 0.100. The summed E-state index contributed by atoms with van der Waals surface area (Å²) in [5.41, 5.74) is 4.93. The standard InChI is InChI=1S/C20H17N2OSe/c1-14-6-2-5-9-18(14)19(23)22-20(24)21-17-12-10-16(11-13-17)15-7-3-4-8-15/h2-10,12-13H,11H2,1H3,(H,21,22,23). The van der Waals surface area contributed by atoms with E-state index in [9.17, 15) is 4.79 Å². The van der Waals surface area contributed by atoms with Gasteiger partial charge in [-0.2, -0.15) is 0 Å². The van der Waals surface area contributed by atoms with Gasteiger partial charge in [-0.25, -0.2) is 0 Å². The van der Waals surface area contributed by atoms with E-state index in [1.165, 1.54) is 11.1 Å². The third-order valence-corrected chi connectivity index (χ3v) is 4.27. The van der Waals surface area contributed by atoms with Crippen molar-refractivity contribution in [3.63, 3.8) is 0 Å².